The number of hydrogen-bond acceptors (Lipinski definition) is 4. The molecule has 0 aliphatic carbocycles. The zero-order chi connectivity index (χ0) is 17.0. The standard InChI is InChI=1S/C18H25N3O2/c1-6-21(7-2)15-8-9-17(12(3)10-15)19-18(22)11-16-13(4)20-23-14(16)5/h8-10H,6-7,11H2,1-5H3,(H,19,22). The van der Waals surface area contributed by atoms with Gasteiger partial charge in [0.1, 0.15) is 5.76 Å². The maximum Gasteiger partial charge on any atom is 0.229 e. The first-order valence-corrected chi connectivity index (χ1v) is 8.03. The topological polar surface area (TPSA) is 58.4 Å². The predicted molar refractivity (Wildman–Crippen MR) is 93.1 cm³/mol. The van der Waals surface area contributed by atoms with E-state index in [2.05, 4.69) is 35.3 Å². The lowest BCUT2D eigenvalue weighted by molar-refractivity contribution is -0.115. The monoisotopic (exact) mass is 315 g/mol. The number of hydrogen-bond donors (Lipinski definition) is 1. The van der Waals surface area contributed by atoms with Crippen LogP contribution in [0.5, 0.6) is 0 Å². The highest BCUT2D eigenvalue weighted by atomic mass is 16.5. The number of anilines is 2. The maximum absolute atomic E-state index is 12.3. The van der Waals surface area contributed by atoms with Gasteiger partial charge < -0.3 is 14.7 Å². The molecule has 0 radical (unpaired) electrons. The SMILES string of the molecule is CCN(CC)c1ccc(NC(=O)Cc2c(C)noc2C)c(C)c1. The summed E-state index contributed by atoms with van der Waals surface area (Å²) in [5, 5.41) is 6.86. The number of aromatic nitrogens is 1. The van der Waals surface area contributed by atoms with Gasteiger partial charge in [0.25, 0.3) is 0 Å². The molecule has 0 saturated carbocycles. The molecule has 124 valence electrons. The third-order valence-corrected chi connectivity index (χ3v) is 4.13. The first-order valence-electron chi connectivity index (χ1n) is 8.03. The lowest BCUT2D eigenvalue weighted by Gasteiger charge is -2.22. The molecular weight excluding hydrogens is 290 g/mol. The summed E-state index contributed by atoms with van der Waals surface area (Å²) in [6.45, 7) is 11.9. The van der Waals surface area contributed by atoms with Crippen molar-refractivity contribution in [3.05, 3.63) is 40.8 Å². The van der Waals surface area contributed by atoms with E-state index in [0.29, 0.717) is 5.76 Å². The van der Waals surface area contributed by atoms with E-state index in [1.165, 1.54) is 5.69 Å². The quantitative estimate of drug-likeness (QED) is 0.884. The number of nitrogens with zero attached hydrogens (tertiary/aromatic N) is 2. The van der Waals surface area contributed by atoms with Crippen LogP contribution in [0, 0.1) is 20.8 Å². The molecule has 0 spiro atoms. The van der Waals surface area contributed by atoms with Crippen LogP contribution in [0.3, 0.4) is 0 Å². The van der Waals surface area contributed by atoms with E-state index in [1.54, 1.807) is 0 Å². The van der Waals surface area contributed by atoms with Gasteiger partial charge in [0.05, 0.1) is 12.1 Å². The molecule has 0 aliphatic heterocycles. The van der Waals surface area contributed by atoms with Crippen LogP contribution in [0.4, 0.5) is 11.4 Å². The average molecular weight is 315 g/mol. The summed E-state index contributed by atoms with van der Waals surface area (Å²) >= 11 is 0. The van der Waals surface area contributed by atoms with E-state index < -0.39 is 0 Å². The fraction of sp³-hybridized carbons (Fsp3) is 0.444. The van der Waals surface area contributed by atoms with Crippen LogP contribution < -0.4 is 10.2 Å². The van der Waals surface area contributed by atoms with E-state index in [-0.39, 0.29) is 12.3 Å². The summed E-state index contributed by atoms with van der Waals surface area (Å²) < 4.78 is 5.10. The molecule has 0 atom stereocenters. The fourth-order valence-electron chi connectivity index (χ4n) is 2.68. The van der Waals surface area contributed by atoms with Crippen LogP contribution in [0.25, 0.3) is 0 Å². The summed E-state index contributed by atoms with van der Waals surface area (Å²) in [4.78, 5) is 14.6. The number of amides is 1. The molecule has 1 N–H and O–H groups in total. The molecule has 0 fully saturated rings. The van der Waals surface area contributed by atoms with Crippen molar-refractivity contribution in [1.82, 2.24) is 5.16 Å². The predicted octanol–water partition coefficient (Wildman–Crippen LogP) is 3.63. The average Bonchev–Trinajstić information content (AvgIpc) is 2.83. The number of nitrogens with one attached hydrogen (secondary N) is 1. The van der Waals surface area contributed by atoms with Gasteiger partial charge in [-0.1, -0.05) is 5.16 Å². The zero-order valence-corrected chi connectivity index (χ0v) is 14.6. The van der Waals surface area contributed by atoms with Crippen LogP contribution in [0.15, 0.2) is 22.7 Å². The second-order valence-corrected chi connectivity index (χ2v) is 5.70. The Morgan fingerprint density at radius 2 is 1.91 bits per heavy atom. The Hall–Kier alpha value is -2.30. The lowest BCUT2D eigenvalue weighted by atomic mass is 10.1. The summed E-state index contributed by atoms with van der Waals surface area (Å²) in [5.74, 6) is 0.643. The second-order valence-electron chi connectivity index (χ2n) is 5.70. The minimum absolute atomic E-state index is 0.0573. The lowest BCUT2D eigenvalue weighted by Crippen LogP contribution is -2.22. The third-order valence-electron chi connectivity index (χ3n) is 4.13. The van der Waals surface area contributed by atoms with Gasteiger partial charge in [0.2, 0.25) is 5.91 Å². The number of rotatable bonds is 6. The smallest absolute Gasteiger partial charge is 0.229 e. The van der Waals surface area contributed by atoms with E-state index in [4.69, 9.17) is 4.52 Å². The van der Waals surface area contributed by atoms with Crippen LogP contribution in [0.1, 0.15) is 36.4 Å². The Bertz CT molecular complexity index is 668. The fourth-order valence-corrected chi connectivity index (χ4v) is 2.68. The maximum atomic E-state index is 12.3. The highest BCUT2D eigenvalue weighted by Crippen LogP contribution is 2.23. The molecule has 1 aromatic heterocycles. The van der Waals surface area contributed by atoms with E-state index in [0.717, 1.165) is 35.6 Å². The molecule has 1 aromatic carbocycles. The van der Waals surface area contributed by atoms with Crippen molar-refractivity contribution in [1.29, 1.82) is 0 Å². The van der Waals surface area contributed by atoms with Crippen LogP contribution in [0.2, 0.25) is 0 Å². The molecule has 1 heterocycles. The molecule has 0 bridgehead atoms. The third kappa shape index (κ3) is 3.92. The first-order chi connectivity index (χ1) is 11.0. The van der Waals surface area contributed by atoms with Crippen molar-refractivity contribution in [2.75, 3.05) is 23.3 Å². The molecule has 0 aliphatic rings. The van der Waals surface area contributed by atoms with Gasteiger partial charge in [-0.05, 0) is 58.4 Å². The summed E-state index contributed by atoms with van der Waals surface area (Å²) in [5.41, 5.74) is 4.71. The molecule has 1 amide bonds. The van der Waals surface area contributed by atoms with Crippen molar-refractivity contribution in [2.45, 2.75) is 41.0 Å². The normalized spacial score (nSPS) is 10.7. The van der Waals surface area contributed by atoms with Crippen molar-refractivity contribution in [3.8, 4) is 0 Å². The van der Waals surface area contributed by atoms with Gasteiger partial charge in [-0.25, -0.2) is 0 Å². The Kier molecular flexibility index (Phi) is 5.42. The molecule has 5 nitrogen and oxygen atoms in total. The number of carbonyl (C=O) groups excluding carboxylic acids is 1. The van der Waals surface area contributed by atoms with Gasteiger partial charge in [-0.15, -0.1) is 0 Å². The minimum atomic E-state index is -0.0573. The zero-order valence-electron chi connectivity index (χ0n) is 14.6. The highest BCUT2D eigenvalue weighted by Gasteiger charge is 2.14. The van der Waals surface area contributed by atoms with Gasteiger partial charge in [0.15, 0.2) is 0 Å². The molecular formula is C18H25N3O2. The Morgan fingerprint density at radius 1 is 1.22 bits per heavy atom. The Morgan fingerprint density at radius 3 is 2.43 bits per heavy atom. The Balaban J connectivity index is 2.09. The molecule has 0 saturated heterocycles. The number of benzene rings is 1. The minimum Gasteiger partial charge on any atom is -0.372 e. The second kappa shape index (κ2) is 7.31. The molecule has 0 unspecified atom stereocenters. The largest absolute Gasteiger partial charge is 0.372 e. The van der Waals surface area contributed by atoms with Gasteiger partial charge in [0, 0.05) is 30.0 Å². The van der Waals surface area contributed by atoms with E-state index in [9.17, 15) is 4.79 Å². The van der Waals surface area contributed by atoms with Crippen molar-refractivity contribution < 1.29 is 9.32 Å². The van der Waals surface area contributed by atoms with Crippen LogP contribution >= 0.6 is 0 Å². The number of aryl methyl sites for hydroxylation is 3. The molecule has 2 aromatic rings. The van der Waals surface area contributed by atoms with Gasteiger partial charge in [-0.3, -0.25) is 4.79 Å². The summed E-state index contributed by atoms with van der Waals surface area (Å²) in [6, 6.07) is 6.12. The van der Waals surface area contributed by atoms with E-state index in [1.807, 2.05) is 32.9 Å². The van der Waals surface area contributed by atoms with Crippen molar-refractivity contribution in [2.24, 2.45) is 0 Å². The Labute approximate surface area is 137 Å². The van der Waals surface area contributed by atoms with Crippen LogP contribution in [-0.2, 0) is 11.2 Å². The van der Waals surface area contributed by atoms with Gasteiger partial charge in [-0.2, -0.15) is 0 Å². The molecule has 5 heteroatoms. The highest BCUT2D eigenvalue weighted by molar-refractivity contribution is 5.93. The summed E-state index contributed by atoms with van der Waals surface area (Å²) in [7, 11) is 0. The van der Waals surface area contributed by atoms with E-state index >= 15 is 0 Å². The summed E-state index contributed by atoms with van der Waals surface area (Å²) in [6.07, 6.45) is 0.276. The first kappa shape index (κ1) is 17.1. The molecule has 23 heavy (non-hydrogen) atoms. The van der Waals surface area contributed by atoms with Crippen molar-refractivity contribution >= 4 is 17.3 Å². The number of carbonyl (C=O) groups is 1. The molecule has 2 rings (SSSR count). The van der Waals surface area contributed by atoms with Crippen molar-refractivity contribution in [3.63, 3.8) is 0 Å². The van der Waals surface area contributed by atoms with Gasteiger partial charge >= 0.3 is 0 Å². The van der Waals surface area contributed by atoms with Crippen LogP contribution in [-0.4, -0.2) is 24.2 Å².